The second-order valence-electron chi connectivity index (χ2n) is 4.30. The molecule has 3 rings (SSSR count). The molecule has 156 valence electrons. The fourth-order valence-electron chi connectivity index (χ4n) is 1.91. The average molecular weight is 543 g/mol. The number of thiophene rings is 1. The van der Waals surface area contributed by atoms with Crippen molar-refractivity contribution < 1.29 is 33.0 Å². The van der Waals surface area contributed by atoms with E-state index in [4.69, 9.17) is 4.74 Å². The van der Waals surface area contributed by atoms with E-state index in [0.29, 0.717) is 0 Å². The molecule has 0 aliphatic heterocycles. The normalized spacial score (nSPS) is 7.74. The third-order valence-electron chi connectivity index (χ3n) is 2.96. The van der Waals surface area contributed by atoms with Crippen LogP contribution in [-0.2, 0) is 0 Å². The molecule has 0 aliphatic rings. The van der Waals surface area contributed by atoms with Crippen LogP contribution in [0, 0.1) is 0 Å². The molecule has 0 radical (unpaired) electrons. The van der Waals surface area contributed by atoms with Crippen molar-refractivity contribution in [2.45, 2.75) is 9.10 Å². The van der Waals surface area contributed by atoms with E-state index >= 15 is 0 Å². The molecule has 0 unspecified atom stereocenters. The van der Waals surface area contributed by atoms with E-state index in [2.05, 4.69) is 47.8 Å². The van der Waals surface area contributed by atoms with E-state index in [1.54, 1.807) is 30.2 Å². The van der Waals surface area contributed by atoms with Crippen molar-refractivity contribution in [2.75, 3.05) is 7.11 Å². The van der Waals surface area contributed by atoms with Gasteiger partial charge in [-0.2, -0.15) is 0 Å². The molecule has 0 N–H and O–H groups in total. The van der Waals surface area contributed by atoms with E-state index in [-0.39, 0.29) is 52.7 Å². The number of rotatable bonds is 4. The SMILES string of the molecule is COc1ccc(Sc2cc(-c3ccccc3)cs2)cc1.F.F.F.F.F.F.[SbH3]. The quantitative estimate of drug-likeness (QED) is 0.326. The molecule has 1 nitrogen and oxygen atoms in total. The van der Waals surface area contributed by atoms with Crippen LogP contribution in [0.2, 0.25) is 0 Å². The molecule has 1 heterocycles. The van der Waals surface area contributed by atoms with Crippen molar-refractivity contribution in [1.29, 1.82) is 0 Å². The molecule has 27 heavy (non-hydrogen) atoms. The molecule has 0 saturated carbocycles. The fraction of sp³-hybridized carbons (Fsp3) is 0.0588. The van der Waals surface area contributed by atoms with Gasteiger partial charge < -0.3 is 4.74 Å². The maximum atomic E-state index is 5.17. The second kappa shape index (κ2) is 18.1. The summed E-state index contributed by atoms with van der Waals surface area (Å²) in [5.74, 6) is 0.894. The first-order chi connectivity index (χ1) is 9.85. The van der Waals surface area contributed by atoms with Gasteiger partial charge in [-0.15, -0.1) is 11.3 Å². The number of ether oxygens (including phenoxy) is 1. The zero-order chi connectivity index (χ0) is 13.8. The van der Waals surface area contributed by atoms with Gasteiger partial charge in [0.05, 0.1) is 11.3 Å². The zero-order valence-electron chi connectivity index (χ0n) is 14.2. The minimum atomic E-state index is 0. The van der Waals surface area contributed by atoms with Crippen molar-refractivity contribution in [1.82, 2.24) is 0 Å². The first kappa shape index (κ1) is 36.6. The van der Waals surface area contributed by atoms with Gasteiger partial charge in [0.2, 0.25) is 0 Å². The fourth-order valence-corrected chi connectivity index (χ4v) is 3.87. The van der Waals surface area contributed by atoms with E-state index < -0.39 is 0 Å². The van der Waals surface area contributed by atoms with Gasteiger partial charge in [-0.3, -0.25) is 28.2 Å². The van der Waals surface area contributed by atoms with Crippen LogP contribution in [0.25, 0.3) is 11.1 Å². The molecule has 2 aromatic carbocycles. The van der Waals surface area contributed by atoms with Crippen LogP contribution in [0.3, 0.4) is 0 Å². The Labute approximate surface area is 179 Å². The van der Waals surface area contributed by atoms with Crippen molar-refractivity contribution in [3.8, 4) is 16.9 Å². The molecule has 0 saturated heterocycles. The number of hydrogen-bond acceptors (Lipinski definition) is 3. The summed E-state index contributed by atoms with van der Waals surface area (Å²) in [6.07, 6.45) is 0. The Bertz CT molecular complexity index is 698. The molecule has 10 heteroatoms. The third kappa shape index (κ3) is 9.98. The van der Waals surface area contributed by atoms with Crippen molar-refractivity contribution in [3.63, 3.8) is 0 Å². The molecule has 3 aromatic rings. The maximum absolute atomic E-state index is 5.17. The summed E-state index contributed by atoms with van der Waals surface area (Å²) in [5, 5.41) is 2.21. The van der Waals surface area contributed by atoms with E-state index in [0.717, 1.165) is 5.75 Å². The van der Waals surface area contributed by atoms with Gasteiger partial charge >= 0.3 is 24.4 Å². The number of hydrogen-bond donors (Lipinski definition) is 0. The Morgan fingerprint density at radius 2 is 1.30 bits per heavy atom. The van der Waals surface area contributed by atoms with Crippen LogP contribution in [0.1, 0.15) is 0 Å². The van der Waals surface area contributed by atoms with Gasteiger partial charge in [0.25, 0.3) is 0 Å². The third-order valence-corrected chi connectivity index (χ3v) is 5.05. The summed E-state index contributed by atoms with van der Waals surface area (Å²) >= 11 is 3.57. The average Bonchev–Trinajstić information content (AvgIpc) is 2.97. The van der Waals surface area contributed by atoms with Crippen LogP contribution in [-0.4, -0.2) is 31.5 Å². The molecule has 0 fully saturated rings. The first-order valence-electron chi connectivity index (χ1n) is 6.31. The molecule has 0 spiro atoms. The second-order valence-corrected chi connectivity index (χ2v) is 6.58. The number of benzene rings is 2. The molecule has 0 atom stereocenters. The van der Waals surface area contributed by atoms with Gasteiger partial charge in [-0.1, -0.05) is 42.1 Å². The Balaban J connectivity index is -0.000000230. The predicted octanol–water partition coefficient (Wildman–Crippen LogP) is 5.31. The molecular formula is C17H23F6OS2Sb. The van der Waals surface area contributed by atoms with Crippen LogP contribution < -0.4 is 4.74 Å². The molecular weight excluding hydrogens is 520 g/mol. The Morgan fingerprint density at radius 1 is 0.741 bits per heavy atom. The monoisotopic (exact) mass is 542 g/mol. The molecule has 0 amide bonds. The Kier molecular flexibility index (Phi) is 24.5. The summed E-state index contributed by atoms with van der Waals surface area (Å²) in [6, 6.07) is 20.9. The van der Waals surface area contributed by atoms with Crippen molar-refractivity contribution in [3.05, 3.63) is 66.0 Å². The Morgan fingerprint density at radius 3 is 1.81 bits per heavy atom. The van der Waals surface area contributed by atoms with Gasteiger partial charge in [0.15, 0.2) is 0 Å². The molecule has 0 aliphatic carbocycles. The van der Waals surface area contributed by atoms with Crippen molar-refractivity contribution in [2.24, 2.45) is 0 Å². The predicted molar refractivity (Wildman–Crippen MR) is 112 cm³/mol. The van der Waals surface area contributed by atoms with Crippen molar-refractivity contribution >= 4 is 47.5 Å². The summed E-state index contributed by atoms with van der Waals surface area (Å²) in [6.45, 7) is 0. The minimum absolute atomic E-state index is 0. The first-order valence-corrected chi connectivity index (χ1v) is 8.00. The molecule has 0 bridgehead atoms. The van der Waals surface area contributed by atoms with Gasteiger partial charge in [0, 0.05) is 4.90 Å². The van der Waals surface area contributed by atoms with Crippen LogP contribution in [0.15, 0.2) is 75.1 Å². The summed E-state index contributed by atoms with van der Waals surface area (Å²) < 4.78 is 6.47. The number of methoxy groups -OCH3 is 1. The zero-order valence-corrected chi connectivity index (χ0v) is 19.9. The van der Waals surface area contributed by atoms with Crippen LogP contribution in [0.5, 0.6) is 5.75 Å². The van der Waals surface area contributed by atoms with Gasteiger partial charge in [-0.05, 0) is 46.8 Å². The van der Waals surface area contributed by atoms with Gasteiger partial charge in [-0.25, -0.2) is 0 Å². The summed E-state index contributed by atoms with van der Waals surface area (Å²) in [7, 11) is 1.69. The van der Waals surface area contributed by atoms with E-state index in [1.807, 2.05) is 18.2 Å². The van der Waals surface area contributed by atoms with E-state index in [9.17, 15) is 0 Å². The standard InChI is InChI=1S/C17H14OS2.6FH.Sb.3H/c1-18-15-7-9-16(10-8-15)20-17-11-14(12-19-17)13-5-3-2-4-6-13;;;;;;;;;;/h2-12H,1H3;6*1H;;;;. The topological polar surface area (TPSA) is 9.23 Å². The number of halogens is 6. The summed E-state index contributed by atoms with van der Waals surface area (Å²) in [5.41, 5.74) is 2.55. The Hall–Kier alpha value is -1.31. The summed E-state index contributed by atoms with van der Waals surface area (Å²) in [4.78, 5) is 1.23. The molecule has 1 aromatic heterocycles. The van der Waals surface area contributed by atoms with Crippen LogP contribution in [0.4, 0.5) is 28.2 Å². The van der Waals surface area contributed by atoms with E-state index in [1.165, 1.54) is 20.2 Å². The van der Waals surface area contributed by atoms with Gasteiger partial charge in [0.1, 0.15) is 5.75 Å². The van der Waals surface area contributed by atoms with Crippen LogP contribution >= 0.6 is 23.1 Å².